The van der Waals surface area contributed by atoms with E-state index in [9.17, 15) is 9.90 Å². The van der Waals surface area contributed by atoms with Gasteiger partial charge in [0.15, 0.2) is 11.3 Å². The largest absolute Gasteiger partial charge is 0.477 e. The number of hydrogen-bond acceptors (Lipinski definition) is 5. The molecule has 0 radical (unpaired) electrons. The van der Waals surface area contributed by atoms with Crippen LogP contribution in [0.4, 0.5) is 0 Å². The Morgan fingerprint density at radius 1 is 1.12 bits per heavy atom. The van der Waals surface area contributed by atoms with Gasteiger partial charge in [0.1, 0.15) is 17.9 Å². The van der Waals surface area contributed by atoms with E-state index in [4.69, 9.17) is 26.3 Å². The van der Waals surface area contributed by atoms with Crippen LogP contribution in [0.3, 0.4) is 0 Å². The third-order valence-electron chi connectivity index (χ3n) is 7.85. The highest BCUT2D eigenvalue weighted by Gasteiger charge is 2.26. The van der Waals surface area contributed by atoms with E-state index in [-0.39, 0.29) is 5.69 Å². The fourth-order valence-electron chi connectivity index (χ4n) is 5.51. The summed E-state index contributed by atoms with van der Waals surface area (Å²) in [5, 5.41) is 10.2. The van der Waals surface area contributed by atoms with Crippen LogP contribution in [0, 0.1) is 17.8 Å². The summed E-state index contributed by atoms with van der Waals surface area (Å²) in [6.45, 7) is 2.70. The number of ether oxygens (including phenoxy) is 1. The zero-order valence-corrected chi connectivity index (χ0v) is 23.7. The van der Waals surface area contributed by atoms with E-state index in [0.29, 0.717) is 42.0 Å². The number of benzene rings is 1. The molecule has 0 aliphatic heterocycles. The Morgan fingerprint density at radius 2 is 2.00 bits per heavy atom. The second kappa shape index (κ2) is 11.8. The normalized spacial score (nSPS) is 16.6. The zero-order valence-electron chi connectivity index (χ0n) is 22.9. The number of aromatic nitrogens is 4. The summed E-state index contributed by atoms with van der Waals surface area (Å²) < 4.78 is 8.09. The second-order valence-corrected chi connectivity index (χ2v) is 11.2. The Bertz CT molecular complexity index is 1710. The Kier molecular flexibility index (Phi) is 7.76. The molecule has 0 spiro atoms. The number of carboxylic acids is 1. The van der Waals surface area contributed by atoms with Crippen molar-refractivity contribution in [2.24, 2.45) is 5.92 Å². The molecule has 6 rings (SSSR count). The van der Waals surface area contributed by atoms with Crippen molar-refractivity contribution >= 4 is 34.3 Å². The number of nitrogens with zero attached hydrogens (tertiary/aromatic N) is 4. The Morgan fingerprint density at radius 3 is 2.76 bits per heavy atom. The summed E-state index contributed by atoms with van der Waals surface area (Å²) in [6, 6.07) is 15.2. The first-order chi connectivity index (χ1) is 20.0. The maximum atomic E-state index is 11.5. The van der Waals surface area contributed by atoms with Crippen molar-refractivity contribution in [3.63, 3.8) is 0 Å². The van der Waals surface area contributed by atoms with E-state index in [1.54, 1.807) is 13.0 Å². The highest BCUT2D eigenvalue weighted by Crippen LogP contribution is 2.42. The van der Waals surface area contributed by atoms with Gasteiger partial charge in [0, 0.05) is 17.5 Å². The molecular formula is C33H31ClN4O3. The molecule has 1 fully saturated rings. The number of allylic oxidation sites excluding steroid dienone is 2. The summed E-state index contributed by atoms with van der Waals surface area (Å²) in [5.74, 6) is 7.48. The van der Waals surface area contributed by atoms with Gasteiger partial charge >= 0.3 is 5.97 Å². The standard InChI is InChI=1S/C33H31ClN4O3/c1-2-3-17-38-30(35-28-15-16-29(33(39)40)37-32(28)38)18-21-7-9-23(10-8-21)27-5-4-6-31(36-27)41-20-24-13-14-25(34)19-26(24)22-11-12-22/h4-6,9,13-16,19,21-22H,7-8,10-12,17-18,20H2,1H3,(H,39,40). The molecule has 8 heteroatoms. The summed E-state index contributed by atoms with van der Waals surface area (Å²) in [7, 11) is 0. The topological polar surface area (TPSA) is 90.1 Å². The molecule has 3 heterocycles. The summed E-state index contributed by atoms with van der Waals surface area (Å²) >= 11 is 6.24. The number of imidazole rings is 1. The van der Waals surface area contributed by atoms with Crippen LogP contribution in [0.25, 0.3) is 16.7 Å². The zero-order chi connectivity index (χ0) is 28.3. The first-order valence-corrected chi connectivity index (χ1v) is 14.4. The molecule has 2 aliphatic rings. The second-order valence-electron chi connectivity index (χ2n) is 10.7. The van der Waals surface area contributed by atoms with Gasteiger partial charge in [0.2, 0.25) is 5.88 Å². The molecule has 1 atom stereocenters. The Labute approximate surface area is 244 Å². The van der Waals surface area contributed by atoms with Crippen molar-refractivity contribution in [3.05, 3.63) is 88.0 Å². The van der Waals surface area contributed by atoms with E-state index >= 15 is 0 Å². The van der Waals surface area contributed by atoms with E-state index in [1.807, 2.05) is 28.8 Å². The molecule has 1 unspecified atom stereocenters. The van der Waals surface area contributed by atoms with Crippen molar-refractivity contribution in [2.45, 2.75) is 64.5 Å². The minimum atomic E-state index is -1.05. The van der Waals surface area contributed by atoms with Crippen LogP contribution in [-0.2, 0) is 19.6 Å². The van der Waals surface area contributed by atoms with Crippen molar-refractivity contribution < 1.29 is 14.6 Å². The van der Waals surface area contributed by atoms with Crippen LogP contribution in [0.15, 0.2) is 54.6 Å². The molecule has 41 heavy (non-hydrogen) atoms. The van der Waals surface area contributed by atoms with Gasteiger partial charge in [0.25, 0.3) is 0 Å². The smallest absolute Gasteiger partial charge is 0.354 e. The van der Waals surface area contributed by atoms with Crippen molar-refractivity contribution in [2.75, 3.05) is 0 Å². The molecule has 1 N–H and O–H groups in total. The van der Waals surface area contributed by atoms with Crippen molar-refractivity contribution in [3.8, 4) is 17.7 Å². The third kappa shape index (κ3) is 6.13. The lowest BCUT2D eigenvalue weighted by Gasteiger charge is -2.22. The number of pyridine rings is 2. The van der Waals surface area contributed by atoms with Crippen LogP contribution in [0.5, 0.6) is 5.88 Å². The summed E-state index contributed by atoms with van der Waals surface area (Å²) in [5.41, 5.74) is 5.93. The highest BCUT2D eigenvalue weighted by atomic mass is 35.5. The lowest BCUT2D eigenvalue weighted by atomic mass is 9.86. The monoisotopic (exact) mass is 566 g/mol. The van der Waals surface area contributed by atoms with Gasteiger partial charge in [-0.3, -0.25) is 0 Å². The molecule has 1 aromatic carbocycles. The van der Waals surface area contributed by atoms with Gasteiger partial charge in [-0.25, -0.2) is 19.7 Å². The number of carbonyl (C=O) groups is 1. The number of halogens is 1. The lowest BCUT2D eigenvalue weighted by Crippen LogP contribution is -2.13. The first kappa shape index (κ1) is 27.0. The highest BCUT2D eigenvalue weighted by molar-refractivity contribution is 6.30. The fraction of sp³-hybridized carbons (Fsp3) is 0.333. The van der Waals surface area contributed by atoms with Gasteiger partial charge in [-0.1, -0.05) is 35.7 Å². The maximum absolute atomic E-state index is 11.5. The average Bonchev–Trinajstić information content (AvgIpc) is 3.78. The molecule has 0 amide bonds. The molecule has 2 aliphatic carbocycles. The van der Waals surface area contributed by atoms with Crippen LogP contribution in [0.2, 0.25) is 5.02 Å². The van der Waals surface area contributed by atoms with E-state index in [1.165, 1.54) is 35.6 Å². The maximum Gasteiger partial charge on any atom is 0.354 e. The lowest BCUT2D eigenvalue weighted by molar-refractivity contribution is 0.0691. The molecular weight excluding hydrogens is 536 g/mol. The summed E-state index contributed by atoms with van der Waals surface area (Å²) in [4.78, 5) is 25.4. The Hall–Kier alpha value is -4.15. The molecule has 1 saturated carbocycles. The number of hydrogen-bond donors (Lipinski definition) is 1. The molecule has 3 aromatic heterocycles. The number of rotatable bonds is 9. The molecule has 0 bridgehead atoms. The van der Waals surface area contributed by atoms with Gasteiger partial charge < -0.3 is 14.4 Å². The van der Waals surface area contributed by atoms with Crippen LogP contribution < -0.4 is 4.74 Å². The first-order valence-electron chi connectivity index (χ1n) is 14.0. The summed E-state index contributed by atoms with van der Waals surface area (Å²) in [6.07, 6.45) is 8.31. The predicted molar refractivity (Wildman–Crippen MR) is 159 cm³/mol. The molecule has 208 valence electrons. The minimum absolute atomic E-state index is 0.00938. The van der Waals surface area contributed by atoms with E-state index in [2.05, 4.69) is 35.0 Å². The third-order valence-corrected chi connectivity index (χ3v) is 8.08. The van der Waals surface area contributed by atoms with Gasteiger partial charge in [-0.05, 0) is 97.9 Å². The van der Waals surface area contributed by atoms with Gasteiger partial charge in [0.05, 0.1) is 12.2 Å². The molecule has 4 aromatic rings. The number of aromatic carboxylic acids is 1. The quantitative estimate of drug-likeness (QED) is 0.218. The predicted octanol–water partition coefficient (Wildman–Crippen LogP) is 7.08. The van der Waals surface area contributed by atoms with Crippen molar-refractivity contribution in [1.82, 2.24) is 19.5 Å². The van der Waals surface area contributed by atoms with Gasteiger partial charge in [-0.15, -0.1) is 5.92 Å². The molecule has 0 saturated heterocycles. The van der Waals surface area contributed by atoms with Gasteiger partial charge in [-0.2, -0.15) is 0 Å². The van der Waals surface area contributed by atoms with E-state index < -0.39 is 5.97 Å². The Balaban J connectivity index is 1.14. The van der Waals surface area contributed by atoms with Crippen molar-refractivity contribution in [1.29, 1.82) is 0 Å². The van der Waals surface area contributed by atoms with Crippen LogP contribution in [0.1, 0.15) is 78.1 Å². The number of fused-ring (bicyclic) bond motifs is 1. The minimum Gasteiger partial charge on any atom is -0.477 e. The number of carboxylic acid groups (broad SMARTS) is 1. The van der Waals surface area contributed by atoms with Crippen LogP contribution in [-0.4, -0.2) is 30.6 Å². The molecule has 7 nitrogen and oxygen atoms in total. The van der Waals surface area contributed by atoms with Crippen LogP contribution >= 0.6 is 11.6 Å². The SMILES string of the molecule is CC#CCn1c(CC2CC=C(c3cccc(OCc4ccc(Cl)cc4C4CC4)n3)CC2)nc2ccc(C(=O)O)nc21. The van der Waals surface area contributed by atoms with E-state index in [0.717, 1.165) is 42.2 Å². The fourth-order valence-corrected chi connectivity index (χ4v) is 5.69. The average molecular weight is 567 g/mol.